The maximum Gasteiger partial charge on any atom is 0.140 e. The molecule has 16 heavy (non-hydrogen) atoms. The fraction of sp³-hybridized carbons (Fsp3) is 0.600. The van der Waals surface area contributed by atoms with Gasteiger partial charge in [-0.1, -0.05) is 11.6 Å². The summed E-state index contributed by atoms with van der Waals surface area (Å²) in [4.78, 5) is 10.1. The first-order valence-corrected chi connectivity index (χ1v) is 5.59. The highest BCUT2D eigenvalue weighted by Gasteiger charge is 2.21. The summed E-state index contributed by atoms with van der Waals surface area (Å²) < 4.78 is 5.27. The highest BCUT2D eigenvalue weighted by Crippen LogP contribution is 2.29. The minimum atomic E-state index is -0.674. The van der Waals surface area contributed by atoms with E-state index in [9.17, 15) is 5.11 Å². The molecule has 0 bridgehead atoms. The van der Waals surface area contributed by atoms with Gasteiger partial charge >= 0.3 is 0 Å². The first-order chi connectivity index (χ1) is 7.70. The van der Waals surface area contributed by atoms with Crippen molar-refractivity contribution < 1.29 is 9.84 Å². The quantitative estimate of drug-likeness (QED) is 0.786. The van der Waals surface area contributed by atoms with Gasteiger partial charge in [-0.25, -0.2) is 9.97 Å². The number of nitrogens with zero attached hydrogens (tertiary/aromatic N) is 3. The van der Waals surface area contributed by atoms with Gasteiger partial charge in [0.05, 0.1) is 24.9 Å². The number of aliphatic hydroxyl groups excluding tert-OH is 1. The number of anilines is 1. The zero-order valence-electron chi connectivity index (χ0n) is 9.06. The summed E-state index contributed by atoms with van der Waals surface area (Å²) in [6.07, 6.45) is 0.741. The molecule has 2 heterocycles. The Morgan fingerprint density at radius 3 is 2.75 bits per heavy atom. The molecule has 0 spiro atoms. The van der Waals surface area contributed by atoms with Crippen molar-refractivity contribution in [1.29, 1.82) is 0 Å². The van der Waals surface area contributed by atoms with Gasteiger partial charge in [-0.3, -0.25) is 0 Å². The molecule has 88 valence electrons. The number of halogens is 1. The summed E-state index contributed by atoms with van der Waals surface area (Å²) in [5.41, 5.74) is 0.589. The Morgan fingerprint density at radius 1 is 1.44 bits per heavy atom. The van der Waals surface area contributed by atoms with E-state index in [1.165, 1.54) is 6.33 Å². The van der Waals surface area contributed by atoms with Crippen LogP contribution in [-0.2, 0) is 4.74 Å². The second kappa shape index (κ2) is 4.95. The van der Waals surface area contributed by atoms with E-state index < -0.39 is 6.10 Å². The van der Waals surface area contributed by atoms with E-state index in [2.05, 4.69) is 14.9 Å². The number of rotatable bonds is 2. The van der Waals surface area contributed by atoms with Crippen LogP contribution >= 0.6 is 11.6 Å². The van der Waals surface area contributed by atoms with Crippen LogP contribution in [0.15, 0.2) is 6.33 Å². The fourth-order valence-electron chi connectivity index (χ4n) is 1.75. The summed E-state index contributed by atoms with van der Waals surface area (Å²) >= 11 is 5.97. The number of aromatic nitrogens is 2. The molecule has 1 aromatic heterocycles. The van der Waals surface area contributed by atoms with Gasteiger partial charge < -0.3 is 14.7 Å². The molecule has 2 rings (SSSR count). The van der Waals surface area contributed by atoms with E-state index in [4.69, 9.17) is 16.3 Å². The molecular weight excluding hydrogens is 230 g/mol. The molecular formula is C10H14ClN3O2. The van der Waals surface area contributed by atoms with Crippen molar-refractivity contribution in [2.75, 3.05) is 31.2 Å². The Labute approximate surface area is 99.0 Å². The first kappa shape index (κ1) is 11.6. The topological polar surface area (TPSA) is 58.5 Å². The standard InChI is InChI=1S/C10H14ClN3O2/c1-7(15)8-9(11)12-6-13-10(8)14-2-4-16-5-3-14/h6-7,15H,2-5H2,1H3/t7-/m0/s1. The van der Waals surface area contributed by atoms with Crippen molar-refractivity contribution in [1.82, 2.24) is 9.97 Å². The van der Waals surface area contributed by atoms with Crippen LogP contribution in [0.25, 0.3) is 0 Å². The van der Waals surface area contributed by atoms with E-state index in [1.807, 2.05) is 0 Å². The SMILES string of the molecule is C[C@H](O)c1c(Cl)ncnc1N1CCOCC1. The lowest BCUT2D eigenvalue weighted by Crippen LogP contribution is -2.37. The lowest BCUT2D eigenvalue weighted by molar-refractivity contribution is 0.121. The summed E-state index contributed by atoms with van der Waals surface area (Å²) in [7, 11) is 0. The third-order valence-corrected chi connectivity index (χ3v) is 2.84. The third-order valence-electron chi connectivity index (χ3n) is 2.54. The maximum atomic E-state index is 9.69. The molecule has 1 aromatic rings. The summed E-state index contributed by atoms with van der Waals surface area (Å²) in [5.74, 6) is 0.707. The van der Waals surface area contributed by atoms with Crippen LogP contribution in [0.1, 0.15) is 18.6 Å². The molecule has 1 atom stereocenters. The summed E-state index contributed by atoms with van der Waals surface area (Å²) in [6, 6.07) is 0. The first-order valence-electron chi connectivity index (χ1n) is 5.21. The normalized spacial score (nSPS) is 18.6. The number of aliphatic hydroxyl groups is 1. The van der Waals surface area contributed by atoms with Gasteiger partial charge in [-0.15, -0.1) is 0 Å². The van der Waals surface area contributed by atoms with Gasteiger partial charge in [-0.05, 0) is 6.92 Å². The van der Waals surface area contributed by atoms with Crippen LogP contribution in [0.3, 0.4) is 0 Å². The molecule has 0 aromatic carbocycles. The molecule has 1 fully saturated rings. The van der Waals surface area contributed by atoms with E-state index in [1.54, 1.807) is 6.92 Å². The smallest absolute Gasteiger partial charge is 0.140 e. The predicted octanol–water partition coefficient (Wildman–Crippen LogP) is 1.02. The molecule has 0 radical (unpaired) electrons. The van der Waals surface area contributed by atoms with Gasteiger partial charge in [0.25, 0.3) is 0 Å². The highest BCUT2D eigenvalue weighted by molar-refractivity contribution is 6.30. The fourth-order valence-corrected chi connectivity index (χ4v) is 2.04. The monoisotopic (exact) mass is 243 g/mol. The van der Waals surface area contributed by atoms with Crippen LogP contribution in [-0.4, -0.2) is 41.4 Å². The summed E-state index contributed by atoms with van der Waals surface area (Å²) in [5, 5.41) is 10.0. The third kappa shape index (κ3) is 2.26. The number of hydrogen-bond acceptors (Lipinski definition) is 5. The minimum Gasteiger partial charge on any atom is -0.388 e. The van der Waals surface area contributed by atoms with Crippen LogP contribution in [0.4, 0.5) is 5.82 Å². The lowest BCUT2D eigenvalue weighted by atomic mass is 10.2. The van der Waals surface area contributed by atoms with Crippen molar-refractivity contribution in [2.45, 2.75) is 13.0 Å². The largest absolute Gasteiger partial charge is 0.388 e. The molecule has 1 aliphatic heterocycles. The van der Waals surface area contributed by atoms with Crippen molar-refractivity contribution in [3.8, 4) is 0 Å². The van der Waals surface area contributed by atoms with Crippen LogP contribution < -0.4 is 4.90 Å². The molecule has 0 saturated carbocycles. The molecule has 1 aliphatic rings. The molecule has 6 heteroatoms. The van der Waals surface area contributed by atoms with Gasteiger partial charge in [0, 0.05) is 13.1 Å². The average molecular weight is 244 g/mol. The van der Waals surface area contributed by atoms with Gasteiger partial charge in [0.2, 0.25) is 0 Å². The lowest BCUT2D eigenvalue weighted by Gasteiger charge is -2.29. The molecule has 1 N–H and O–H groups in total. The Morgan fingerprint density at radius 2 is 2.12 bits per heavy atom. The van der Waals surface area contributed by atoms with Crippen LogP contribution in [0.2, 0.25) is 5.15 Å². The number of ether oxygens (including phenoxy) is 1. The molecule has 0 aliphatic carbocycles. The minimum absolute atomic E-state index is 0.312. The van der Waals surface area contributed by atoms with Crippen molar-refractivity contribution in [3.05, 3.63) is 17.0 Å². The average Bonchev–Trinajstić information content (AvgIpc) is 2.29. The summed E-state index contributed by atoms with van der Waals surface area (Å²) in [6.45, 7) is 4.51. The molecule has 5 nitrogen and oxygen atoms in total. The Kier molecular flexibility index (Phi) is 3.58. The Balaban J connectivity index is 2.34. The van der Waals surface area contributed by atoms with E-state index in [0.717, 1.165) is 13.1 Å². The van der Waals surface area contributed by atoms with Crippen LogP contribution in [0, 0.1) is 0 Å². The second-order valence-corrected chi connectivity index (χ2v) is 4.04. The van der Waals surface area contributed by atoms with E-state index in [-0.39, 0.29) is 0 Å². The predicted molar refractivity (Wildman–Crippen MR) is 60.7 cm³/mol. The highest BCUT2D eigenvalue weighted by atomic mass is 35.5. The Hall–Kier alpha value is -0.910. The number of hydrogen-bond donors (Lipinski definition) is 1. The van der Waals surface area contributed by atoms with Crippen molar-refractivity contribution >= 4 is 17.4 Å². The van der Waals surface area contributed by atoms with Gasteiger partial charge in [0.15, 0.2) is 0 Å². The molecule has 1 saturated heterocycles. The van der Waals surface area contributed by atoms with E-state index in [0.29, 0.717) is 29.7 Å². The second-order valence-electron chi connectivity index (χ2n) is 3.68. The van der Waals surface area contributed by atoms with Crippen LogP contribution in [0.5, 0.6) is 0 Å². The van der Waals surface area contributed by atoms with Crippen molar-refractivity contribution in [2.24, 2.45) is 0 Å². The zero-order valence-corrected chi connectivity index (χ0v) is 9.81. The zero-order chi connectivity index (χ0) is 11.5. The van der Waals surface area contributed by atoms with Crippen molar-refractivity contribution in [3.63, 3.8) is 0 Å². The maximum absolute atomic E-state index is 9.69. The Bertz CT molecular complexity index is 367. The molecule has 0 unspecified atom stereocenters. The van der Waals surface area contributed by atoms with E-state index >= 15 is 0 Å². The van der Waals surface area contributed by atoms with Gasteiger partial charge in [0.1, 0.15) is 17.3 Å². The number of morpholine rings is 1. The van der Waals surface area contributed by atoms with Gasteiger partial charge in [-0.2, -0.15) is 0 Å². The molecule has 0 amide bonds.